The molecule has 0 aromatic heterocycles. The first kappa shape index (κ1) is 13.6. The maximum absolute atomic E-state index is 5.15. The van der Waals surface area contributed by atoms with Crippen molar-refractivity contribution in [1.29, 1.82) is 0 Å². The Balaban J connectivity index is 0. The van der Waals surface area contributed by atoms with Crippen molar-refractivity contribution in [3.63, 3.8) is 0 Å². The minimum Gasteiger partial charge on any atom is -0.484 e. The van der Waals surface area contributed by atoms with Crippen molar-refractivity contribution >= 4 is 33.2 Å². The maximum atomic E-state index is 5.15. The summed E-state index contributed by atoms with van der Waals surface area (Å²) in [5, 5.41) is 0. The summed E-state index contributed by atoms with van der Waals surface area (Å²) in [7, 11) is 0. The van der Waals surface area contributed by atoms with Crippen LogP contribution in [0.2, 0.25) is 0 Å². The Labute approximate surface area is 80.8 Å². The molecule has 0 bridgehead atoms. The summed E-state index contributed by atoms with van der Waals surface area (Å²) < 4.78 is 10.3. The zero-order valence-corrected chi connectivity index (χ0v) is 7.38. The van der Waals surface area contributed by atoms with Crippen LogP contribution in [0.15, 0.2) is 0 Å². The molecule has 0 aromatic rings. The summed E-state index contributed by atoms with van der Waals surface area (Å²) in [5.41, 5.74) is 0. The molecule has 0 aromatic carbocycles. The van der Waals surface area contributed by atoms with Gasteiger partial charge in [0.2, 0.25) is 0 Å². The molecule has 0 aliphatic rings. The molecular formula is C6H17Al2O2. The van der Waals surface area contributed by atoms with Crippen LogP contribution in [0.1, 0.15) is 26.7 Å². The molecule has 0 rings (SSSR count). The highest BCUT2D eigenvalue weighted by Crippen LogP contribution is 1.81. The molecule has 0 saturated carbocycles. The van der Waals surface area contributed by atoms with Crippen LogP contribution in [0.3, 0.4) is 0 Å². The lowest BCUT2D eigenvalue weighted by atomic mass is 10.5. The van der Waals surface area contributed by atoms with Gasteiger partial charge in [-0.05, 0) is 12.8 Å². The number of hydrogen-bond acceptors (Lipinski definition) is 2. The Morgan fingerprint density at radius 1 is 1.00 bits per heavy atom. The van der Waals surface area contributed by atoms with Crippen LogP contribution in [0.25, 0.3) is 0 Å². The minimum atomic E-state index is -0.182. The van der Waals surface area contributed by atoms with Gasteiger partial charge in [-0.2, -0.15) is 0 Å². The van der Waals surface area contributed by atoms with Crippen LogP contribution in [-0.4, -0.2) is 46.5 Å². The molecule has 1 radical (unpaired) electrons. The summed E-state index contributed by atoms with van der Waals surface area (Å²) in [6.45, 7) is 5.89. The maximum Gasteiger partial charge on any atom is 0.668 e. The zero-order valence-electron chi connectivity index (χ0n) is 6.22. The predicted octanol–water partition coefficient (Wildman–Crippen LogP) is 0.190. The van der Waals surface area contributed by atoms with E-state index in [1.807, 2.05) is 0 Å². The lowest BCUT2D eigenvalue weighted by Crippen LogP contribution is -2.05. The molecule has 0 aliphatic heterocycles. The lowest BCUT2D eigenvalue weighted by Gasteiger charge is -1.99. The van der Waals surface area contributed by atoms with Crippen molar-refractivity contribution < 1.29 is 7.58 Å². The molecule has 0 amide bonds. The molecule has 0 unspecified atom stereocenters. The topological polar surface area (TPSA) is 18.5 Å². The van der Waals surface area contributed by atoms with E-state index in [2.05, 4.69) is 13.8 Å². The van der Waals surface area contributed by atoms with Crippen molar-refractivity contribution in [2.45, 2.75) is 26.7 Å². The van der Waals surface area contributed by atoms with Gasteiger partial charge >= 0.3 is 15.9 Å². The SMILES string of the molecule is CCC[O][Al][O]CCC.[AlH3]. The molecule has 0 fully saturated rings. The molecule has 0 aliphatic carbocycles. The van der Waals surface area contributed by atoms with E-state index in [-0.39, 0.29) is 33.2 Å². The Kier molecular flexibility index (Phi) is 17.2. The molecule has 0 saturated heterocycles. The third kappa shape index (κ3) is 11.7. The average Bonchev–Trinajstić information content (AvgIpc) is 1.89. The van der Waals surface area contributed by atoms with Gasteiger partial charge in [0.1, 0.15) is 0 Å². The highest BCUT2D eigenvalue weighted by molar-refractivity contribution is 6.17. The first-order valence-electron chi connectivity index (χ1n) is 3.46. The molecule has 2 nitrogen and oxygen atoms in total. The van der Waals surface area contributed by atoms with E-state index < -0.39 is 0 Å². The molecule has 4 heteroatoms. The van der Waals surface area contributed by atoms with E-state index in [0.717, 1.165) is 26.1 Å². The zero-order chi connectivity index (χ0) is 6.95. The van der Waals surface area contributed by atoms with E-state index in [1.165, 1.54) is 0 Å². The van der Waals surface area contributed by atoms with Gasteiger partial charge in [-0.1, -0.05) is 13.8 Å². The summed E-state index contributed by atoms with van der Waals surface area (Å²) in [4.78, 5) is 0. The first-order chi connectivity index (χ1) is 4.41. The van der Waals surface area contributed by atoms with E-state index >= 15 is 0 Å². The third-order valence-electron chi connectivity index (χ3n) is 0.780. The Morgan fingerprint density at radius 3 is 1.70 bits per heavy atom. The average molecular weight is 175 g/mol. The standard InChI is InChI=1S/2C3H7O.2Al.3H/c2*1-2-3-4;;;;;/h2*2-3H2,1H3;;;;;/q2*-1;;+2;;;. The van der Waals surface area contributed by atoms with Crippen molar-refractivity contribution in [3.05, 3.63) is 0 Å². The Bertz CT molecular complexity index is 47.0. The molecule has 0 N–H and O–H groups in total. The van der Waals surface area contributed by atoms with Crippen molar-refractivity contribution in [2.75, 3.05) is 13.2 Å². The minimum absolute atomic E-state index is 0. The fourth-order valence-corrected chi connectivity index (χ4v) is 1.14. The highest BCUT2D eigenvalue weighted by Gasteiger charge is 1.93. The van der Waals surface area contributed by atoms with Gasteiger partial charge in [0.05, 0.1) is 0 Å². The van der Waals surface area contributed by atoms with Crippen LogP contribution < -0.4 is 0 Å². The van der Waals surface area contributed by atoms with Gasteiger partial charge in [0.15, 0.2) is 17.4 Å². The second-order valence-corrected chi connectivity index (χ2v) is 2.70. The van der Waals surface area contributed by atoms with Crippen molar-refractivity contribution in [3.8, 4) is 0 Å². The van der Waals surface area contributed by atoms with Crippen LogP contribution >= 0.6 is 0 Å². The molecule has 0 spiro atoms. The molecule has 0 heterocycles. The smallest absolute Gasteiger partial charge is 0.484 e. The number of hydrogen-bond donors (Lipinski definition) is 0. The van der Waals surface area contributed by atoms with Gasteiger partial charge in [-0.25, -0.2) is 0 Å². The first-order valence-corrected chi connectivity index (χ1v) is 4.41. The van der Waals surface area contributed by atoms with Gasteiger partial charge < -0.3 is 7.58 Å². The molecule has 10 heavy (non-hydrogen) atoms. The Morgan fingerprint density at radius 2 is 1.40 bits per heavy atom. The molecular weight excluding hydrogens is 158 g/mol. The fourth-order valence-electron chi connectivity index (χ4n) is 0.380. The number of rotatable bonds is 6. The van der Waals surface area contributed by atoms with Gasteiger partial charge in [0.25, 0.3) is 0 Å². The van der Waals surface area contributed by atoms with Gasteiger partial charge in [0, 0.05) is 13.2 Å². The van der Waals surface area contributed by atoms with E-state index in [0.29, 0.717) is 0 Å². The van der Waals surface area contributed by atoms with E-state index in [9.17, 15) is 0 Å². The predicted molar refractivity (Wildman–Crippen MR) is 48.2 cm³/mol. The normalized spacial score (nSPS) is 8.60. The van der Waals surface area contributed by atoms with E-state index in [1.54, 1.807) is 0 Å². The fraction of sp³-hybridized carbons (Fsp3) is 1.00. The second-order valence-electron chi connectivity index (χ2n) is 1.84. The largest absolute Gasteiger partial charge is 0.668 e. The third-order valence-corrected chi connectivity index (χ3v) is 1.52. The van der Waals surface area contributed by atoms with Crippen molar-refractivity contribution in [2.24, 2.45) is 0 Å². The van der Waals surface area contributed by atoms with Crippen LogP contribution in [0.4, 0.5) is 0 Å². The second kappa shape index (κ2) is 12.6. The van der Waals surface area contributed by atoms with E-state index in [4.69, 9.17) is 7.58 Å². The Hall–Kier alpha value is 0.985. The van der Waals surface area contributed by atoms with Crippen LogP contribution in [-0.2, 0) is 7.58 Å². The summed E-state index contributed by atoms with van der Waals surface area (Å²) >= 11 is -0.182. The van der Waals surface area contributed by atoms with Crippen molar-refractivity contribution in [1.82, 2.24) is 0 Å². The van der Waals surface area contributed by atoms with Crippen LogP contribution in [0.5, 0.6) is 0 Å². The van der Waals surface area contributed by atoms with Crippen LogP contribution in [0, 0.1) is 0 Å². The summed E-state index contributed by atoms with van der Waals surface area (Å²) in [6.07, 6.45) is 2.17. The monoisotopic (exact) mass is 175 g/mol. The molecule has 0 atom stereocenters. The summed E-state index contributed by atoms with van der Waals surface area (Å²) in [6, 6.07) is 0. The highest BCUT2D eigenvalue weighted by atomic mass is 27.2. The quantitative estimate of drug-likeness (QED) is 0.424. The van der Waals surface area contributed by atoms with Gasteiger partial charge in [-0.3, -0.25) is 0 Å². The van der Waals surface area contributed by atoms with Gasteiger partial charge in [-0.15, -0.1) is 0 Å². The lowest BCUT2D eigenvalue weighted by molar-refractivity contribution is 0.222. The molecule has 59 valence electrons. The summed E-state index contributed by atoms with van der Waals surface area (Å²) in [5.74, 6) is 0.